The second kappa shape index (κ2) is 7.10. The Labute approximate surface area is 111 Å². The lowest BCUT2D eigenvalue weighted by Gasteiger charge is -2.26. The number of nitrogens with two attached hydrogens (primary N) is 1. The molecule has 4 nitrogen and oxygen atoms in total. The predicted molar refractivity (Wildman–Crippen MR) is 75.3 cm³/mol. The Morgan fingerprint density at radius 2 is 2.00 bits per heavy atom. The molecule has 0 atom stereocenters. The highest BCUT2D eigenvalue weighted by atomic mass is 16.2. The maximum absolute atomic E-state index is 12.2. The van der Waals surface area contributed by atoms with Crippen LogP contribution in [0.3, 0.4) is 0 Å². The van der Waals surface area contributed by atoms with Crippen LogP contribution in [0.2, 0.25) is 0 Å². The summed E-state index contributed by atoms with van der Waals surface area (Å²) in [6.45, 7) is 6.64. The first-order valence-electron chi connectivity index (χ1n) is 7.20. The maximum Gasteiger partial charge on any atom is 0.227 e. The molecule has 0 heterocycles. The van der Waals surface area contributed by atoms with Gasteiger partial charge in [-0.1, -0.05) is 12.8 Å². The average Bonchev–Trinajstić information content (AvgIpc) is 2.83. The molecule has 0 unspecified atom stereocenters. The van der Waals surface area contributed by atoms with Gasteiger partial charge >= 0.3 is 0 Å². The van der Waals surface area contributed by atoms with Gasteiger partial charge in [0.25, 0.3) is 0 Å². The number of amides is 1. The number of rotatable bonds is 7. The van der Waals surface area contributed by atoms with Crippen molar-refractivity contribution in [1.82, 2.24) is 10.2 Å². The van der Waals surface area contributed by atoms with Gasteiger partial charge < -0.3 is 16.0 Å². The Bertz CT molecular complexity index is 260. The molecule has 1 rings (SSSR count). The van der Waals surface area contributed by atoms with Crippen LogP contribution in [-0.4, -0.2) is 43.5 Å². The van der Waals surface area contributed by atoms with E-state index >= 15 is 0 Å². The van der Waals surface area contributed by atoms with Crippen molar-refractivity contribution in [3.63, 3.8) is 0 Å². The fourth-order valence-electron chi connectivity index (χ4n) is 2.55. The Hall–Kier alpha value is -0.610. The minimum Gasteiger partial charge on any atom is -0.356 e. The molecular weight excluding hydrogens is 226 g/mol. The third kappa shape index (κ3) is 3.95. The molecule has 3 N–H and O–H groups in total. The number of hydrogen-bond acceptors (Lipinski definition) is 3. The van der Waals surface area contributed by atoms with Crippen LogP contribution in [0.1, 0.15) is 46.0 Å². The first-order chi connectivity index (χ1) is 8.52. The fourth-order valence-corrected chi connectivity index (χ4v) is 2.55. The second-order valence-corrected chi connectivity index (χ2v) is 5.88. The van der Waals surface area contributed by atoms with Crippen molar-refractivity contribution < 1.29 is 4.79 Å². The van der Waals surface area contributed by atoms with Crippen molar-refractivity contribution in [2.45, 2.75) is 52.0 Å². The van der Waals surface area contributed by atoms with E-state index in [4.69, 9.17) is 5.73 Å². The van der Waals surface area contributed by atoms with E-state index in [1.807, 2.05) is 0 Å². The highest BCUT2D eigenvalue weighted by Crippen LogP contribution is 2.37. The average molecular weight is 255 g/mol. The van der Waals surface area contributed by atoms with Crippen molar-refractivity contribution in [3.8, 4) is 0 Å². The second-order valence-electron chi connectivity index (χ2n) is 5.88. The lowest BCUT2D eigenvalue weighted by atomic mass is 9.85. The van der Waals surface area contributed by atoms with Gasteiger partial charge in [-0.05, 0) is 46.7 Å². The number of hydrogen-bond donors (Lipinski definition) is 2. The zero-order valence-corrected chi connectivity index (χ0v) is 12.2. The lowest BCUT2D eigenvalue weighted by Crippen LogP contribution is -2.44. The summed E-state index contributed by atoms with van der Waals surface area (Å²) in [5, 5.41) is 3.07. The predicted octanol–water partition coefficient (Wildman–Crippen LogP) is 1.35. The Morgan fingerprint density at radius 3 is 2.50 bits per heavy atom. The highest BCUT2D eigenvalue weighted by molar-refractivity contribution is 5.83. The first-order valence-corrected chi connectivity index (χ1v) is 7.20. The fraction of sp³-hybridized carbons (Fsp3) is 0.929. The van der Waals surface area contributed by atoms with Crippen molar-refractivity contribution in [2.24, 2.45) is 11.1 Å². The Kier molecular flexibility index (Phi) is 6.09. The summed E-state index contributed by atoms with van der Waals surface area (Å²) < 4.78 is 0. The maximum atomic E-state index is 12.2. The van der Waals surface area contributed by atoms with Crippen molar-refractivity contribution in [2.75, 3.05) is 26.7 Å². The van der Waals surface area contributed by atoms with Crippen LogP contribution >= 0.6 is 0 Å². The third-order valence-corrected chi connectivity index (χ3v) is 4.29. The molecule has 1 aliphatic carbocycles. The summed E-state index contributed by atoms with van der Waals surface area (Å²) in [5.74, 6) is 0.176. The van der Waals surface area contributed by atoms with Gasteiger partial charge in [0, 0.05) is 19.1 Å². The molecule has 106 valence electrons. The Balaban J connectivity index is 2.24. The monoisotopic (exact) mass is 255 g/mol. The molecule has 18 heavy (non-hydrogen) atoms. The molecule has 0 aromatic carbocycles. The summed E-state index contributed by atoms with van der Waals surface area (Å²) in [4.78, 5) is 14.5. The van der Waals surface area contributed by atoms with E-state index in [2.05, 4.69) is 31.1 Å². The van der Waals surface area contributed by atoms with Gasteiger partial charge in [-0.15, -0.1) is 0 Å². The first kappa shape index (κ1) is 15.4. The number of carbonyl (C=O) groups is 1. The van der Waals surface area contributed by atoms with Gasteiger partial charge in [0.1, 0.15) is 0 Å². The minimum absolute atomic E-state index is 0.176. The van der Waals surface area contributed by atoms with Crippen molar-refractivity contribution >= 4 is 5.91 Å². The molecule has 1 aliphatic rings. The number of carbonyl (C=O) groups excluding carboxylic acids is 1. The zero-order valence-electron chi connectivity index (χ0n) is 12.2. The van der Waals surface area contributed by atoms with Crippen LogP contribution in [0.4, 0.5) is 0 Å². The van der Waals surface area contributed by atoms with Crippen LogP contribution < -0.4 is 11.1 Å². The standard InChI is InChI=1S/C14H29N3O/c1-12(2)17(3)10-6-9-16-13(18)14(11-15)7-4-5-8-14/h12H,4-11,15H2,1-3H3,(H,16,18). The van der Waals surface area contributed by atoms with Gasteiger partial charge in [0.05, 0.1) is 5.41 Å². The topological polar surface area (TPSA) is 58.4 Å². The lowest BCUT2D eigenvalue weighted by molar-refractivity contribution is -0.130. The van der Waals surface area contributed by atoms with Gasteiger partial charge in [-0.25, -0.2) is 0 Å². The van der Waals surface area contributed by atoms with E-state index in [9.17, 15) is 4.79 Å². The Morgan fingerprint density at radius 1 is 1.39 bits per heavy atom. The smallest absolute Gasteiger partial charge is 0.227 e. The molecular formula is C14H29N3O. The summed E-state index contributed by atoms with van der Waals surface area (Å²) >= 11 is 0. The summed E-state index contributed by atoms with van der Waals surface area (Å²) in [6, 6.07) is 0.561. The SMILES string of the molecule is CC(C)N(C)CCCNC(=O)C1(CN)CCCC1. The zero-order chi connectivity index (χ0) is 13.6. The molecule has 0 radical (unpaired) electrons. The summed E-state index contributed by atoms with van der Waals surface area (Å²) in [7, 11) is 2.12. The largest absolute Gasteiger partial charge is 0.356 e. The molecule has 0 bridgehead atoms. The molecule has 0 aromatic heterocycles. The van der Waals surface area contributed by atoms with E-state index in [0.717, 1.165) is 45.2 Å². The molecule has 1 saturated carbocycles. The van der Waals surface area contributed by atoms with Crippen LogP contribution in [0, 0.1) is 5.41 Å². The van der Waals surface area contributed by atoms with Crippen LogP contribution in [0.15, 0.2) is 0 Å². The molecule has 0 spiro atoms. The van der Waals surface area contributed by atoms with Crippen LogP contribution in [0.5, 0.6) is 0 Å². The molecule has 1 fully saturated rings. The van der Waals surface area contributed by atoms with Crippen molar-refractivity contribution in [3.05, 3.63) is 0 Å². The van der Waals surface area contributed by atoms with E-state index in [0.29, 0.717) is 12.6 Å². The van der Waals surface area contributed by atoms with Crippen molar-refractivity contribution in [1.29, 1.82) is 0 Å². The van der Waals surface area contributed by atoms with E-state index in [1.54, 1.807) is 0 Å². The number of nitrogens with zero attached hydrogens (tertiary/aromatic N) is 1. The molecule has 1 amide bonds. The van der Waals surface area contributed by atoms with E-state index < -0.39 is 0 Å². The molecule has 0 aliphatic heterocycles. The van der Waals surface area contributed by atoms with Gasteiger partial charge in [-0.3, -0.25) is 4.79 Å². The normalized spacial score (nSPS) is 18.6. The minimum atomic E-state index is -0.260. The van der Waals surface area contributed by atoms with E-state index in [-0.39, 0.29) is 11.3 Å². The van der Waals surface area contributed by atoms with E-state index in [1.165, 1.54) is 0 Å². The molecule has 0 saturated heterocycles. The van der Waals surface area contributed by atoms with Gasteiger partial charge in [0.2, 0.25) is 5.91 Å². The molecule has 4 heteroatoms. The molecule has 0 aromatic rings. The number of nitrogens with one attached hydrogen (secondary N) is 1. The highest BCUT2D eigenvalue weighted by Gasteiger charge is 2.39. The summed E-state index contributed by atoms with van der Waals surface area (Å²) in [6.07, 6.45) is 5.20. The van der Waals surface area contributed by atoms with Crippen LogP contribution in [-0.2, 0) is 4.79 Å². The quantitative estimate of drug-likeness (QED) is 0.675. The summed E-state index contributed by atoms with van der Waals surface area (Å²) in [5.41, 5.74) is 5.53. The van der Waals surface area contributed by atoms with Crippen LogP contribution in [0.25, 0.3) is 0 Å². The third-order valence-electron chi connectivity index (χ3n) is 4.29. The van der Waals surface area contributed by atoms with Gasteiger partial charge in [-0.2, -0.15) is 0 Å². The van der Waals surface area contributed by atoms with Gasteiger partial charge in [0.15, 0.2) is 0 Å².